The van der Waals surface area contributed by atoms with Crippen LogP contribution in [0, 0.1) is 6.92 Å². The third kappa shape index (κ3) is 3.93. The Bertz CT molecular complexity index is 1010. The summed E-state index contributed by atoms with van der Waals surface area (Å²) in [6.07, 6.45) is 1.70. The minimum atomic E-state index is -0.545. The highest BCUT2D eigenvalue weighted by molar-refractivity contribution is 9.10. The molecule has 6 nitrogen and oxygen atoms in total. The number of hydrogen-bond acceptors (Lipinski definition) is 5. The normalized spacial score (nSPS) is 13.9. The van der Waals surface area contributed by atoms with Crippen LogP contribution in [0.15, 0.2) is 34.8 Å². The van der Waals surface area contributed by atoms with E-state index in [9.17, 15) is 14.4 Å². The standard InChI is InChI=1S/C20H16BrNO5/c1-10-15(21)5-6-16-19(10)14(20(25)22-16)8-13-4-7-17(26-11(2)23)18(9-13)27-12(3)24/h4-9H,1-3H3,(H,22,25). The molecule has 0 fully saturated rings. The van der Waals surface area contributed by atoms with Crippen LogP contribution in [0.4, 0.5) is 5.69 Å². The first-order valence-electron chi connectivity index (χ1n) is 8.09. The van der Waals surface area contributed by atoms with Crippen LogP contribution >= 0.6 is 15.9 Å². The van der Waals surface area contributed by atoms with Gasteiger partial charge in [-0.2, -0.15) is 0 Å². The molecule has 0 atom stereocenters. The van der Waals surface area contributed by atoms with Crippen LogP contribution in [0.5, 0.6) is 11.5 Å². The number of rotatable bonds is 3. The summed E-state index contributed by atoms with van der Waals surface area (Å²) >= 11 is 3.48. The molecule has 2 aromatic carbocycles. The Balaban J connectivity index is 2.08. The smallest absolute Gasteiger partial charge is 0.308 e. The molecule has 1 aliphatic heterocycles. The lowest BCUT2D eigenvalue weighted by atomic mass is 9.99. The van der Waals surface area contributed by atoms with Gasteiger partial charge in [-0.3, -0.25) is 14.4 Å². The Morgan fingerprint density at radius 1 is 1.04 bits per heavy atom. The molecule has 0 bridgehead atoms. The van der Waals surface area contributed by atoms with Gasteiger partial charge < -0.3 is 14.8 Å². The number of benzene rings is 2. The number of ether oxygens (including phenoxy) is 2. The second-order valence-electron chi connectivity index (χ2n) is 6.00. The summed E-state index contributed by atoms with van der Waals surface area (Å²) in [6.45, 7) is 4.43. The molecular weight excluding hydrogens is 414 g/mol. The molecule has 27 heavy (non-hydrogen) atoms. The third-order valence-electron chi connectivity index (χ3n) is 3.95. The Hall–Kier alpha value is -2.93. The minimum Gasteiger partial charge on any atom is -0.423 e. The second kappa shape index (κ2) is 7.36. The van der Waals surface area contributed by atoms with E-state index in [-0.39, 0.29) is 17.4 Å². The highest BCUT2D eigenvalue weighted by Gasteiger charge is 2.26. The monoisotopic (exact) mass is 429 g/mol. The van der Waals surface area contributed by atoms with Gasteiger partial charge >= 0.3 is 11.9 Å². The Kier molecular flexibility index (Phi) is 5.14. The molecule has 0 spiro atoms. The van der Waals surface area contributed by atoms with Gasteiger partial charge in [0.15, 0.2) is 11.5 Å². The van der Waals surface area contributed by atoms with Crippen molar-refractivity contribution in [2.24, 2.45) is 0 Å². The largest absolute Gasteiger partial charge is 0.423 e. The molecule has 0 saturated carbocycles. The van der Waals surface area contributed by atoms with E-state index in [2.05, 4.69) is 21.2 Å². The van der Waals surface area contributed by atoms with Crippen molar-refractivity contribution < 1.29 is 23.9 Å². The van der Waals surface area contributed by atoms with Crippen molar-refractivity contribution in [1.29, 1.82) is 0 Å². The number of hydrogen-bond donors (Lipinski definition) is 1. The fourth-order valence-corrected chi connectivity index (χ4v) is 3.16. The molecule has 0 aromatic heterocycles. The first kappa shape index (κ1) is 18.8. The maximum absolute atomic E-state index is 12.4. The summed E-state index contributed by atoms with van der Waals surface area (Å²) in [6, 6.07) is 8.46. The quantitative estimate of drug-likeness (QED) is 0.451. The zero-order chi connectivity index (χ0) is 19.7. The van der Waals surface area contributed by atoms with E-state index in [4.69, 9.17) is 9.47 Å². The van der Waals surface area contributed by atoms with Gasteiger partial charge in [-0.25, -0.2) is 0 Å². The Morgan fingerprint density at radius 2 is 1.70 bits per heavy atom. The van der Waals surface area contributed by atoms with Crippen molar-refractivity contribution >= 4 is 51.1 Å². The van der Waals surface area contributed by atoms with Crippen LogP contribution in [-0.2, 0) is 14.4 Å². The van der Waals surface area contributed by atoms with Crippen molar-refractivity contribution in [2.75, 3.05) is 5.32 Å². The molecule has 1 heterocycles. The van der Waals surface area contributed by atoms with E-state index in [0.29, 0.717) is 11.1 Å². The van der Waals surface area contributed by atoms with E-state index in [1.165, 1.54) is 19.9 Å². The van der Waals surface area contributed by atoms with Crippen LogP contribution in [0.25, 0.3) is 11.6 Å². The van der Waals surface area contributed by atoms with E-state index >= 15 is 0 Å². The summed E-state index contributed by atoms with van der Waals surface area (Å²) in [7, 11) is 0. The molecule has 1 N–H and O–H groups in total. The Labute approximate surface area is 164 Å². The fourth-order valence-electron chi connectivity index (χ4n) is 2.83. The van der Waals surface area contributed by atoms with Crippen molar-refractivity contribution in [3.8, 4) is 11.5 Å². The summed E-state index contributed by atoms with van der Waals surface area (Å²) in [5.74, 6) is -1.05. The zero-order valence-corrected chi connectivity index (χ0v) is 16.5. The highest BCUT2D eigenvalue weighted by atomic mass is 79.9. The van der Waals surface area contributed by atoms with Gasteiger partial charge in [-0.05, 0) is 48.4 Å². The number of anilines is 1. The van der Waals surface area contributed by atoms with Crippen LogP contribution in [0.2, 0.25) is 0 Å². The summed E-state index contributed by atoms with van der Waals surface area (Å²) in [5, 5.41) is 2.84. The lowest BCUT2D eigenvalue weighted by Gasteiger charge is -2.10. The van der Waals surface area contributed by atoms with Gasteiger partial charge in [0.05, 0.1) is 0 Å². The van der Waals surface area contributed by atoms with E-state index < -0.39 is 11.9 Å². The second-order valence-corrected chi connectivity index (χ2v) is 6.85. The molecule has 7 heteroatoms. The molecule has 0 radical (unpaired) electrons. The molecule has 3 rings (SSSR count). The molecule has 0 saturated heterocycles. The molecule has 0 aliphatic carbocycles. The predicted molar refractivity (Wildman–Crippen MR) is 104 cm³/mol. The van der Waals surface area contributed by atoms with Crippen molar-refractivity contribution in [3.05, 3.63) is 51.5 Å². The maximum atomic E-state index is 12.4. The van der Waals surface area contributed by atoms with Crippen LogP contribution < -0.4 is 14.8 Å². The summed E-state index contributed by atoms with van der Waals surface area (Å²) < 4.78 is 11.1. The van der Waals surface area contributed by atoms with E-state index in [1.807, 2.05) is 19.1 Å². The number of nitrogens with one attached hydrogen (secondary N) is 1. The predicted octanol–water partition coefficient (Wildman–Crippen LogP) is 4.10. The minimum absolute atomic E-state index is 0.108. The first-order chi connectivity index (χ1) is 12.8. The van der Waals surface area contributed by atoms with Gasteiger partial charge in [0.1, 0.15) is 0 Å². The SMILES string of the molecule is CC(=O)Oc1ccc(C=C2C(=O)Nc3ccc(Br)c(C)c32)cc1OC(C)=O. The first-order valence-corrected chi connectivity index (χ1v) is 8.89. The number of carbonyl (C=O) groups excluding carboxylic acids is 3. The fraction of sp³-hybridized carbons (Fsp3) is 0.150. The number of halogens is 1. The van der Waals surface area contributed by atoms with Crippen molar-refractivity contribution in [1.82, 2.24) is 0 Å². The molecule has 1 aliphatic rings. The van der Waals surface area contributed by atoms with Gasteiger partial charge in [0.25, 0.3) is 5.91 Å². The Morgan fingerprint density at radius 3 is 2.37 bits per heavy atom. The van der Waals surface area contributed by atoms with Crippen molar-refractivity contribution in [3.63, 3.8) is 0 Å². The summed E-state index contributed by atoms with van der Waals surface area (Å²) in [4.78, 5) is 35.0. The average molecular weight is 430 g/mol. The number of amides is 1. The molecule has 0 unspecified atom stereocenters. The van der Waals surface area contributed by atoms with Gasteiger partial charge in [0, 0.05) is 35.1 Å². The number of carbonyl (C=O) groups is 3. The summed E-state index contributed by atoms with van der Waals surface area (Å²) in [5.41, 5.74) is 3.61. The number of esters is 2. The molecule has 138 valence electrons. The van der Waals surface area contributed by atoms with Gasteiger partial charge in [-0.15, -0.1) is 0 Å². The average Bonchev–Trinajstić information content (AvgIpc) is 2.89. The zero-order valence-electron chi connectivity index (χ0n) is 14.9. The molecule has 2 aromatic rings. The third-order valence-corrected chi connectivity index (χ3v) is 4.81. The molecular formula is C20H16BrNO5. The van der Waals surface area contributed by atoms with Crippen molar-refractivity contribution in [2.45, 2.75) is 20.8 Å². The van der Waals surface area contributed by atoms with E-state index in [1.54, 1.807) is 18.2 Å². The van der Waals surface area contributed by atoms with Gasteiger partial charge in [0.2, 0.25) is 0 Å². The van der Waals surface area contributed by atoms with E-state index in [0.717, 1.165) is 21.3 Å². The lowest BCUT2D eigenvalue weighted by Crippen LogP contribution is -2.07. The lowest BCUT2D eigenvalue weighted by molar-refractivity contribution is -0.134. The van der Waals surface area contributed by atoms with Crippen LogP contribution in [0.3, 0.4) is 0 Å². The number of fused-ring (bicyclic) bond motifs is 1. The molecule has 1 amide bonds. The maximum Gasteiger partial charge on any atom is 0.308 e. The topological polar surface area (TPSA) is 81.7 Å². The van der Waals surface area contributed by atoms with Gasteiger partial charge in [-0.1, -0.05) is 22.0 Å². The van der Waals surface area contributed by atoms with Crippen LogP contribution in [0.1, 0.15) is 30.5 Å². The highest BCUT2D eigenvalue weighted by Crippen LogP contribution is 2.39. The van der Waals surface area contributed by atoms with Crippen LogP contribution in [-0.4, -0.2) is 17.8 Å².